The van der Waals surface area contributed by atoms with Gasteiger partial charge in [0.05, 0.1) is 61.9 Å². The molecule has 0 saturated carbocycles. The molecule has 7 amide bonds. The molecule has 3 aromatic carbocycles. The number of likely N-dealkylation sites (tertiary alicyclic amines) is 1. The number of esters is 1. The van der Waals surface area contributed by atoms with Crippen molar-refractivity contribution in [3.05, 3.63) is 101 Å². The molecule has 1 saturated heterocycles. The minimum absolute atomic E-state index is 0.0176. The summed E-state index contributed by atoms with van der Waals surface area (Å²) >= 11 is 0. The quantitative estimate of drug-likeness (QED) is 0.0284. The SMILES string of the molecule is CC[C@H](C)[C@@H]([C@@H](CC(=O)N1CCC[C@H]1[C@H](OC)[C@@H](C)C(=O)N[C@@H](Cc1ccccc1)C(=O)OC)OC)N(C)C(=O)[C@@H](CC(=O)[C@H](C(C)C)N(C)CCc1ccc(N(C)C(=O)OCc2ccc(CC(=O)[C@H](CCCNC(N)=O)NC(=O)[C@@H](N)C(C)C)cc2)cc1)C(C)C. The lowest BCUT2D eigenvalue weighted by atomic mass is 9.83. The molecule has 510 valence electrons. The Hall–Kier alpha value is -7.27. The average Bonchev–Trinajstić information content (AvgIpc) is 1.40. The molecule has 1 aliphatic rings. The molecule has 11 atom stereocenters. The second-order valence-electron chi connectivity index (χ2n) is 25.8. The summed E-state index contributed by atoms with van der Waals surface area (Å²) in [6, 6.07) is 19.3. The number of nitrogens with zero attached hydrogens (tertiary/aromatic N) is 4. The van der Waals surface area contributed by atoms with E-state index in [0.717, 1.165) is 11.1 Å². The van der Waals surface area contributed by atoms with Crippen LogP contribution in [0, 0.1) is 35.5 Å². The van der Waals surface area contributed by atoms with E-state index >= 15 is 0 Å². The third-order valence-corrected chi connectivity index (χ3v) is 18.1. The molecule has 0 spiro atoms. The van der Waals surface area contributed by atoms with Gasteiger partial charge < -0.3 is 56.2 Å². The lowest BCUT2D eigenvalue weighted by Crippen LogP contribution is -2.55. The van der Waals surface area contributed by atoms with Crippen LogP contribution >= 0.6 is 0 Å². The summed E-state index contributed by atoms with van der Waals surface area (Å²) in [5.41, 5.74) is 15.1. The normalized spacial score (nSPS) is 16.5. The number of methoxy groups -OCH3 is 3. The van der Waals surface area contributed by atoms with Crippen molar-refractivity contribution in [3.63, 3.8) is 0 Å². The molecule has 7 N–H and O–H groups in total. The van der Waals surface area contributed by atoms with Crippen molar-refractivity contribution in [1.82, 2.24) is 30.7 Å². The molecule has 0 aliphatic carbocycles. The predicted octanol–water partition coefficient (Wildman–Crippen LogP) is 7.04. The van der Waals surface area contributed by atoms with Crippen LogP contribution in [0.3, 0.4) is 0 Å². The number of hydrogen-bond acceptors (Lipinski definition) is 15. The van der Waals surface area contributed by atoms with Crippen molar-refractivity contribution in [3.8, 4) is 0 Å². The van der Waals surface area contributed by atoms with Crippen LogP contribution in [0.2, 0.25) is 0 Å². The highest BCUT2D eigenvalue weighted by Crippen LogP contribution is 2.32. The number of benzene rings is 3. The summed E-state index contributed by atoms with van der Waals surface area (Å²) in [5, 5.41) is 8.15. The minimum Gasteiger partial charge on any atom is -0.467 e. The molecule has 0 bridgehead atoms. The maximum Gasteiger partial charge on any atom is 0.414 e. The molecule has 0 unspecified atom stereocenters. The lowest BCUT2D eigenvalue weighted by Gasteiger charge is -2.41. The first-order valence-electron chi connectivity index (χ1n) is 32.5. The molecule has 3 aromatic rings. The number of primary amides is 1. The number of amides is 7. The molecule has 1 fully saturated rings. The van der Waals surface area contributed by atoms with Gasteiger partial charge in [-0.1, -0.05) is 135 Å². The molecular weight excluding hydrogens is 1170 g/mol. The number of ether oxygens (including phenoxy) is 4. The van der Waals surface area contributed by atoms with Gasteiger partial charge in [0.1, 0.15) is 12.6 Å². The largest absolute Gasteiger partial charge is 0.467 e. The van der Waals surface area contributed by atoms with Gasteiger partial charge in [0.25, 0.3) is 0 Å². The van der Waals surface area contributed by atoms with Gasteiger partial charge in [-0.2, -0.15) is 0 Å². The van der Waals surface area contributed by atoms with Gasteiger partial charge in [0.15, 0.2) is 11.6 Å². The van der Waals surface area contributed by atoms with Gasteiger partial charge >= 0.3 is 18.1 Å². The molecule has 22 heteroatoms. The zero-order valence-corrected chi connectivity index (χ0v) is 57.2. The number of rotatable bonds is 38. The highest BCUT2D eigenvalue weighted by atomic mass is 16.6. The van der Waals surface area contributed by atoms with Gasteiger partial charge in [-0.05, 0) is 97.2 Å². The van der Waals surface area contributed by atoms with Crippen LogP contribution in [0.15, 0.2) is 78.9 Å². The Morgan fingerprint density at radius 3 is 1.89 bits per heavy atom. The Kier molecular flexibility index (Phi) is 31.9. The van der Waals surface area contributed by atoms with Crippen LogP contribution in [-0.4, -0.2) is 179 Å². The number of hydrogen-bond donors (Lipinski definition) is 5. The smallest absolute Gasteiger partial charge is 0.414 e. The van der Waals surface area contributed by atoms with E-state index in [1.54, 1.807) is 62.2 Å². The first kappa shape index (κ1) is 77.2. The maximum atomic E-state index is 14.9. The van der Waals surface area contributed by atoms with Crippen LogP contribution in [-0.2, 0) is 78.4 Å². The second kappa shape index (κ2) is 38.0. The number of Topliss-reactive ketones (excluding diaryl/α,β-unsaturated/α-hetero) is 2. The Morgan fingerprint density at radius 2 is 1.33 bits per heavy atom. The first-order valence-corrected chi connectivity index (χ1v) is 32.5. The van der Waals surface area contributed by atoms with Crippen molar-refractivity contribution in [2.75, 3.05) is 67.0 Å². The summed E-state index contributed by atoms with van der Waals surface area (Å²) < 4.78 is 22.8. The van der Waals surface area contributed by atoms with Crippen molar-refractivity contribution >= 4 is 59.0 Å². The highest BCUT2D eigenvalue weighted by molar-refractivity contribution is 5.93. The minimum atomic E-state index is -0.927. The number of likely N-dealkylation sites (N-methyl/N-ethyl adjacent to an activating group) is 2. The van der Waals surface area contributed by atoms with E-state index in [2.05, 4.69) is 16.0 Å². The van der Waals surface area contributed by atoms with E-state index in [1.807, 2.05) is 122 Å². The number of nitrogens with one attached hydrogen (secondary N) is 3. The lowest BCUT2D eigenvalue weighted by molar-refractivity contribution is -0.150. The standard InChI is InChI=1S/C70H107N9O13/c1-16-46(8)63(59(89-13)41-60(82)79-36-21-25-56(79)64(90-14)47(9)65(83)75-55(68(86)91-15)38-49-22-18-17-19-23-49)78(12)67(85)53(43(2)3)40-58(81)62(45(6)7)76(10)37-34-48-30-32-52(33-31-48)77(11)70(88)92-42-51-28-26-50(27-29-51)39-57(80)54(24-20-35-73-69(72)87)74-66(84)61(71)44(4)5/h17-19,22-23,26-33,43-47,53-56,59,61-64H,16,20-21,24-25,34-42,71H2,1-15H3,(H,74,84)(H,75,83)(H3,72,73,87)/t46-,47+,53-,54-,55-,56-,59+,61-,62-,63-,64+/m0/s1. The van der Waals surface area contributed by atoms with Crippen molar-refractivity contribution < 1.29 is 62.1 Å². The number of carbonyl (C=O) groups excluding carboxylic acids is 9. The summed E-state index contributed by atoms with van der Waals surface area (Å²) in [6.45, 7) is 18.6. The van der Waals surface area contributed by atoms with E-state index in [4.69, 9.17) is 30.4 Å². The average molecular weight is 1280 g/mol. The number of carbonyl (C=O) groups is 9. The van der Waals surface area contributed by atoms with E-state index < -0.39 is 90.2 Å². The zero-order valence-electron chi connectivity index (χ0n) is 57.2. The summed E-state index contributed by atoms with van der Waals surface area (Å²) in [4.78, 5) is 128. The predicted molar refractivity (Wildman–Crippen MR) is 355 cm³/mol. The van der Waals surface area contributed by atoms with Crippen LogP contribution in [0.4, 0.5) is 15.3 Å². The molecule has 1 heterocycles. The maximum absolute atomic E-state index is 14.9. The molecular formula is C70H107N9O13. The van der Waals surface area contributed by atoms with Gasteiger partial charge in [0.2, 0.25) is 23.6 Å². The second-order valence-corrected chi connectivity index (χ2v) is 25.8. The third kappa shape index (κ3) is 22.8. The zero-order chi connectivity index (χ0) is 68.5. The Morgan fingerprint density at radius 1 is 0.707 bits per heavy atom. The first-order chi connectivity index (χ1) is 43.6. The summed E-state index contributed by atoms with van der Waals surface area (Å²) in [7, 11) is 9.64. The van der Waals surface area contributed by atoms with E-state index in [9.17, 15) is 43.2 Å². The molecule has 0 aromatic heterocycles. The number of urea groups is 1. The van der Waals surface area contributed by atoms with Gasteiger partial charge in [0, 0.05) is 78.8 Å². The van der Waals surface area contributed by atoms with Crippen molar-refractivity contribution in [1.29, 1.82) is 0 Å². The monoisotopic (exact) mass is 1280 g/mol. The van der Waals surface area contributed by atoms with E-state index in [0.29, 0.717) is 62.0 Å². The van der Waals surface area contributed by atoms with Crippen LogP contribution in [0.25, 0.3) is 0 Å². The fraction of sp³-hybridized carbons (Fsp3) is 0.614. The van der Waals surface area contributed by atoms with Crippen molar-refractivity contribution in [2.24, 2.45) is 47.0 Å². The fourth-order valence-corrected chi connectivity index (χ4v) is 12.3. The third-order valence-electron chi connectivity index (χ3n) is 18.1. The topological polar surface area (TPSA) is 292 Å². The summed E-state index contributed by atoms with van der Waals surface area (Å²) in [6.07, 6.45) is 1.57. The van der Waals surface area contributed by atoms with Gasteiger partial charge in [-0.15, -0.1) is 0 Å². The molecule has 4 rings (SSSR count). The highest BCUT2D eigenvalue weighted by Gasteiger charge is 2.44. The van der Waals surface area contributed by atoms with E-state index in [1.165, 1.54) is 19.1 Å². The number of nitrogens with two attached hydrogens (primary N) is 2. The molecule has 92 heavy (non-hydrogen) atoms. The van der Waals surface area contributed by atoms with Crippen LogP contribution in [0.1, 0.15) is 130 Å². The Bertz CT molecular complexity index is 2860. The molecule has 1 aliphatic heterocycles. The van der Waals surface area contributed by atoms with E-state index in [-0.39, 0.29) is 92.3 Å². The molecule has 0 radical (unpaired) electrons. The number of ketones is 2. The Balaban J connectivity index is 1.35. The molecule has 22 nitrogen and oxygen atoms in total. The van der Waals surface area contributed by atoms with Crippen LogP contribution in [0.5, 0.6) is 0 Å². The Labute approximate surface area is 546 Å². The van der Waals surface area contributed by atoms with Crippen molar-refractivity contribution in [2.45, 2.75) is 182 Å². The summed E-state index contributed by atoms with van der Waals surface area (Å²) in [5.74, 6) is -3.94. The van der Waals surface area contributed by atoms with Gasteiger partial charge in [-0.25, -0.2) is 14.4 Å². The fourth-order valence-electron chi connectivity index (χ4n) is 12.3. The van der Waals surface area contributed by atoms with Crippen LogP contribution < -0.4 is 32.3 Å². The van der Waals surface area contributed by atoms with Gasteiger partial charge in [-0.3, -0.25) is 38.6 Å². The number of anilines is 1.